The molecule has 39 heavy (non-hydrogen) atoms. The van der Waals surface area contributed by atoms with Gasteiger partial charge < -0.3 is 15.0 Å². The molecular formula is C33H39N3O3. The molecule has 204 valence electrons. The fourth-order valence-corrected chi connectivity index (χ4v) is 5.97. The van der Waals surface area contributed by atoms with E-state index >= 15 is 0 Å². The van der Waals surface area contributed by atoms with E-state index in [-0.39, 0.29) is 17.7 Å². The number of amides is 2. The Labute approximate surface area is 232 Å². The summed E-state index contributed by atoms with van der Waals surface area (Å²) in [6.45, 7) is 8.91. The van der Waals surface area contributed by atoms with Crippen molar-refractivity contribution < 1.29 is 14.3 Å². The lowest BCUT2D eigenvalue weighted by Gasteiger charge is -2.34. The van der Waals surface area contributed by atoms with Gasteiger partial charge in [0.25, 0.3) is 5.91 Å². The van der Waals surface area contributed by atoms with Crippen LogP contribution in [0.25, 0.3) is 0 Å². The van der Waals surface area contributed by atoms with Crippen LogP contribution in [0.15, 0.2) is 72.8 Å². The first-order chi connectivity index (χ1) is 19.1. The summed E-state index contributed by atoms with van der Waals surface area (Å²) in [6.07, 6.45) is 2.80. The lowest BCUT2D eigenvalue weighted by atomic mass is 9.81. The van der Waals surface area contributed by atoms with E-state index in [2.05, 4.69) is 22.3 Å². The zero-order valence-electron chi connectivity index (χ0n) is 23.1. The van der Waals surface area contributed by atoms with Crippen molar-refractivity contribution >= 4 is 17.5 Å². The molecule has 0 aromatic heterocycles. The van der Waals surface area contributed by atoms with E-state index < -0.39 is 0 Å². The molecule has 1 N–H and O–H groups in total. The minimum atomic E-state index is -0.0177. The van der Waals surface area contributed by atoms with Crippen LogP contribution in [0.4, 0.5) is 5.69 Å². The molecule has 5 rings (SSSR count). The van der Waals surface area contributed by atoms with Crippen molar-refractivity contribution in [2.24, 2.45) is 5.92 Å². The average Bonchev–Trinajstić information content (AvgIpc) is 3.31. The Kier molecular flexibility index (Phi) is 8.62. The third-order valence-corrected chi connectivity index (χ3v) is 8.22. The molecule has 3 aromatic carbocycles. The van der Waals surface area contributed by atoms with Crippen molar-refractivity contribution in [1.82, 2.24) is 9.80 Å². The van der Waals surface area contributed by atoms with Crippen LogP contribution in [0.2, 0.25) is 0 Å². The minimum absolute atomic E-state index is 0.0177. The van der Waals surface area contributed by atoms with Gasteiger partial charge in [0.05, 0.1) is 5.92 Å². The number of hydrogen-bond donors (Lipinski definition) is 1. The van der Waals surface area contributed by atoms with E-state index in [1.54, 1.807) is 0 Å². The normalized spacial score (nSPS) is 17.5. The van der Waals surface area contributed by atoms with Gasteiger partial charge in [0.2, 0.25) is 5.91 Å². The first kappa shape index (κ1) is 26.9. The lowest BCUT2D eigenvalue weighted by Crippen LogP contribution is -2.39. The number of hydrogen-bond acceptors (Lipinski definition) is 4. The largest absolute Gasteiger partial charge is 0.492 e. The number of piperidine rings is 1. The molecule has 6 heteroatoms. The Bertz CT molecular complexity index is 1280. The van der Waals surface area contributed by atoms with E-state index in [1.165, 1.54) is 0 Å². The SMILES string of the molecule is CCN(CC)C(=O)c1ccc(Cc2ccccc2OCCN2CCC(C3C(=O)Nc4ccccc43)CC2)cc1. The van der Waals surface area contributed by atoms with Crippen LogP contribution in [0, 0.1) is 5.92 Å². The van der Waals surface area contributed by atoms with Crippen LogP contribution in [-0.2, 0) is 11.2 Å². The Morgan fingerprint density at radius 2 is 1.64 bits per heavy atom. The fraction of sp³-hybridized carbons (Fsp3) is 0.394. The molecule has 2 aliphatic heterocycles. The van der Waals surface area contributed by atoms with Gasteiger partial charge in [0.1, 0.15) is 12.4 Å². The molecule has 2 aliphatic rings. The molecule has 2 amide bonds. The van der Waals surface area contributed by atoms with Crippen LogP contribution in [0.1, 0.15) is 59.7 Å². The number of para-hydroxylation sites is 2. The number of carbonyl (C=O) groups excluding carboxylic acids is 2. The summed E-state index contributed by atoms with van der Waals surface area (Å²) in [5, 5.41) is 3.06. The predicted octanol–water partition coefficient (Wildman–Crippen LogP) is 5.59. The number of nitrogens with zero attached hydrogens (tertiary/aromatic N) is 2. The van der Waals surface area contributed by atoms with Crippen molar-refractivity contribution in [2.75, 3.05) is 44.6 Å². The third-order valence-electron chi connectivity index (χ3n) is 8.22. The van der Waals surface area contributed by atoms with E-state index in [0.717, 1.165) is 72.6 Å². The number of anilines is 1. The summed E-state index contributed by atoms with van der Waals surface area (Å²) in [4.78, 5) is 29.5. The van der Waals surface area contributed by atoms with Crippen molar-refractivity contribution in [3.8, 4) is 5.75 Å². The molecule has 0 spiro atoms. The second-order valence-corrected chi connectivity index (χ2v) is 10.5. The number of nitrogens with one attached hydrogen (secondary N) is 1. The summed E-state index contributed by atoms with van der Waals surface area (Å²) in [7, 11) is 0. The highest BCUT2D eigenvalue weighted by Gasteiger charge is 2.37. The smallest absolute Gasteiger partial charge is 0.253 e. The maximum Gasteiger partial charge on any atom is 0.253 e. The van der Waals surface area contributed by atoms with Crippen molar-refractivity contribution in [3.05, 3.63) is 95.1 Å². The van der Waals surface area contributed by atoms with Gasteiger partial charge in [0.15, 0.2) is 0 Å². The quantitative estimate of drug-likeness (QED) is 0.375. The van der Waals surface area contributed by atoms with Gasteiger partial charge in [-0.3, -0.25) is 14.5 Å². The molecule has 6 nitrogen and oxygen atoms in total. The molecule has 3 aromatic rings. The van der Waals surface area contributed by atoms with Gasteiger partial charge in [-0.15, -0.1) is 0 Å². The van der Waals surface area contributed by atoms with E-state index in [1.807, 2.05) is 79.4 Å². The zero-order valence-corrected chi connectivity index (χ0v) is 23.1. The summed E-state index contributed by atoms with van der Waals surface area (Å²) in [6, 6.07) is 24.2. The maximum absolute atomic E-state index is 12.6. The van der Waals surface area contributed by atoms with Crippen LogP contribution < -0.4 is 10.1 Å². The highest BCUT2D eigenvalue weighted by Crippen LogP contribution is 2.41. The molecule has 1 atom stereocenters. The molecule has 0 saturated carbocycles. The number of carbonyl (C=O) groups is 2. The van der Waals surface area contributed by atoms with Crippen LogP contribution in [0.3, 0.4) is 0 Å². The van der Waals surface area contributed by atoms with Crippen LogP contribution in [-0.4, -0.2) is 60.9 Å². The van der Waals surface area contributed by atoms with Crippen molar-refractivity contribution in [1.29, 1.82) is 0 Å². The van der Waals surface area contributed by atoms with Crippen molar-refractivity contribution in [2.45, 2.75) is 39.0 Å². The van der Waals surface area contributed by atoms with Gasteiger partial charge in [-0.2, -0.15) is 0 Å². The Balaban J connectivity index is 1.11. The highest BCUT2D eigenvalue weighted by atomic mass is 16.5. The number of fused-ring (bicyclic) bond motifs is 1. The molecule has 1 saturated heterocycles. The lowest BCUT2D eigenvalue weighted by molar-refractivity contribution is -0.118. The standard InChI is InChI=1S/C33H39N3O3/c1-3-36(4-2)33(38)26-15-13-24(14-16-26)23-27-9-5-8-12-30(27)39-22-21-35-19-17-25(18-20-35)31-28-10-6-7-11-29(28)34-32(31)37/h5-16,25,31H,3-4,17-23H2,1-2H3,(H,34,37). The zero-order chi connectivity index (χ0) is 27.2. The summed E-state index contributed by atoms with van der Waals surface area (Å²) in [5.74, 6) is 1.52. The molecule has 1 unspecified atom stereocenters. The van der Waals surface area contributed by atoms with Gasteiger partial charge in [-0.25, -0.2) is 0 Å². The van der Waals surface area contributed by atoms with E-state index in [9.17, 15) is 9.59 Å². The third kappa shape index (κ3) is 6.17. The molecule has 2 heterocycles. The average molecular weight is 526 g/mol. The van der Waals surface area contributed by atoms with E-state index in [4.69, 9.17) is 4.74 Å². The van der Waals surface area contributed by atoms with Crippen LogP contribution >= 0.6 is 0 Å². The molecular weight excluding hydrogens is 486 g/mol. The number of rotatable bonds is 10. The molecule has 0 radical (unpaired) electrons. The molecule has 0 bridgehead atoms. The van der Waals surface area contributed by atoms with Gasteiger partial charge in [0, 0.05) is 37.3 Å². The Hall–Kier alpha value is -3.64. The number of likely N-dealkylation sites (tertiary alicyclic amines) is 1. The van der Waals surface area contributed by atoms with Crippen LogP contribution in [0.5, 0.6) is 5.75 Å². The monoisotopic (exact) mass is 525 g/mol. The highest BCUT2D eigenvalue weighted by molar-refractivity contribution is 6.03. The van der Waals surface area contributed by atoms with Gasteiger partial charge in [-0.05, 0) is 86.7 Å². The second-order valence-electron chi connectivity index (χ2n) is 10.5. The van der Waals surface area contributed by atoms with Gasteiger partial charge in [-0.1, -0.05) is 48.5 Å². The summed E-state index contributed by atoms with van der Waals surface area (Å²) < 4.78 is 6.26. The molecule has 0 aliphatic carbocycles. The number of ether oxygens (including phenoxy) is 1. The summed E-state index contributed by atoms with van der Waals surface area (Å²) in [5.41, 5.74) is 5.16. The predicted molar refractivity (Wildman–Crippen MR) is 155 cm³/mol. The second kappa shape index (κ2) is 12.5. The fourth-order valence-electron chi connectivity index (χ4n) is 5.97. The van der Waals surface area contributed by atoms with Crippen molar-refractivity contribution in [3.63, 3.8) is 0 Å². The number of benzene rings is 3. The van der Waals surface area contributed by atoms with Gasteiger partial charge >= 0.3 is 0 Å². The summed E-state index contributed by atoms with van der Waals surface area (Å²) >= 11 is 0. The Morgan fingerprint density at radius 3 is 2.38 bits per heavy atom. The maximum atomic E-state index is 12.6. The topological polar surface area (TPSA) is 61.9 Å². The Morgan fingerprint density at radius 1 is 0.949 bits per heavy atom. The first-order valence-corrected chi connectivity index (χ1v) is 14.3. The molecule has 1 fully saturated rings. The first-order valence-electron chi connectivity index (χ1n) is 14.3. The van der Waals surface area contributed by atoms with E-state index in [0.29, 0.717) is 25.6 Å². The minimum Gasteiger partial charge on any atom is -0.492 e.